The molecule has 0 saturated heterocycles. The van der Waals surface area contributed by atoms with E-state index in [9.17, 15) is 19.5 Å². The number of carbonyl (C=O) groups is 3. The minimum absolute atomic E-state index is 0.0172. The molecule has 7 nitrogen and oxygen atoms in total. The molecular weight excluding hydrogens is 444 g/mol. The molecule has 35 heavy (non-hydrogen) atoms. The van der Waals surface area contributed by atoms with E-state index < -0.39 is 18.1 Å². The van der Waals surface area contributed by atoms with Gasteiger partial charge in [0.2, 0.25) is 5.91 Å². The fraction of sp³-hybridized carbons (Fsp3) is 0.464. The van der Waals surface area contributed by atoms with E-state index in [4.69, 9.17) is 4.74 Å². The Morgan fingerprint density at radius 2 is 1.54 bits per heavy atom. The first-order chi connectivity index (χ1) is 16.6. The highest BCUT2D eigenvalue weighted by Gasteiger charge is 2.29. The smallest absolute Gasteiger partial charge is 0.407 e. The van der Waals surface area contributed by atoms with Gasteiger partial charge in [-0.1, -0.05) is 76.2 Å². The van der Waals surface area contributed by atoms with Crippen molar-refractivity contribution in [2.45, 2.75) is 58.9 Å². The molecule has 0 saturated carbocycles. The van der Waals surface area contributed by atoms with E-state index in [1.807, 2.05) is 38.1 Å². The van der Waals surface area contributed by atoms with Crippen LogP contribution < -0.4 is 10.6 Å². The van der Waals surface area contributed by atoms with Gasteiger partial charge < -0.3 is 20.5 Å². The molecular formula is C28H36N2O5. The van der Waals surface area contributed by atoms with E-state index in [0.29, 0.717) is 19.4 Å². The average molecular weight is 481 g/mol. The zero-order chi connectivity index (χ0) is 25.6. The van der Waals surface area contributed by atoms with Crippen LogP contribution in [0, 0.1) is 11.3 Å². The highest BCUT2D eigenvalue weighted by molar-refractivity contribution is 5.83. The molecule has 7 heteroatoms. The fourth-order valence-corrected chi connectivity index (χ4v) is 4.49. The summed E-state index contributed by atoms with van der Waals surface area (Å²) < 4.78 is 5.57. The van der Waals surface area contributed by atoms with E-state index >= 15 is 0 Å². The molecule has 2 aromatic rings. The lowest BCUT2D eigenvalue weighted by Crippen LogP contribution is -2.44. The first-order valence-electron chi connectivity index (χ1n) is 12.2. The summed E-state index contributed by atoms with van der Waals surface area (Å²) in [6, 6.07) is 15.5. The number of alkyl carbamates (subject to hydrolysis) is 1. The number of ether oxygens (including phenoxy) is 1. The first-order valence-corrected chi connectivity index (χ1v) is 12.2. The Balaban J connectivity index is 1.42. The summed E-state index contributed by atoms with van der Waals surface area (Å²) in [6.07, 6.45) is 1.02. The van der Waals surface area contributed by atoms with Gasteiger partial charge in [-0.15, -0.1) is 0 Å². The maximum atomic E-state index is 12.4. The number of benzene rings is 2. The van der Waals surface area contributed by atoms with Crippen molar-refractivity contribution in [3.05, 3.63) is 59.7 Å². The largest absolute Gasteiger partial charge is 0.480 e. The average Bonchev–Trinajstić information content (AvgIpc) is 3.13. The second kappa shape index (κ2) is 11.4. The van der Waals surface area contributed by atoms with Gasteiger partial charge in [0.05, 0.1) is 0 Å². The highest BCUT2D eigenvalue weighted by Crippen LogP contribution is 2.44. The number of aliphatic carboxylic acids is 1. The number of hydrogen-bond acceptors (Lipinski definition) is 4. The molecule has 0 aromatic heterocycles. The monoisotopic (exact) mass is 480 g/mol. The Hall–Kier alpha value is -3.35. The molecule has 3 rings (SSSR count). The van der Waals surface area contributed by atoms with Gasteiger partial charge in [-0.05, 0) is 46.4 Å². The molecule has 0 radical (unpaired) electrons. The molecule has 0 bridgehead atoms. The van der Waals surface area contributed by atoms with Gasteiger partial charge in [-0.2, -0.15) is 0 Å². The van der Waals surface area contributed by atoms with Crippen LogP contribution in [-0.2, 0) is 14.3 Å². The predicted molar refractivity (Wildman–Crippen MR) is 135 cm³/mol. The standard InChI is InChI=1S/C28H36N2O5/c1-18(2)25(26(32)33)30-24(31)13-14-28(3,4)15-16-29-27(34)35-17-23-21-11-7-5-9-19(21)20-10-6-8-12-22(20)23/h5-12,18,23,25H,13-17H2,1-4H3,(H,29,34)(H,30,31)(H,32,33)/t25-/m0/s1. The summed E-state index contributed by atoms with van der Waals surface area (Å²) in [7, 11) is 0. The Morgan fingerprint density at radius 1 is 0.971 bits per heavy atom. The van der Waals surface area contributed by atoms with Crippen molar-refractivity contribution in [1.29, 1.82) is 0 Å². The Kier molecular flexibility index (Phi) is 8.54. The molecule has 0 unspecified atom stereocenters. The van der Waals surface area contributed by atoms with Gasteiger partial charge in [0.25, 0.3) is 0 Å². The van der Waals surface area contributed by atoms with Crippen LogP contribution in [0.4, 0.5) is 4.79 Å². The summed E-state index contributed by atoms with van der Waals surface area (Å²) in [5.41, 5.74) is 4.51. The zero-order valence-corrected chi connectivity index (χ0v) is 21.0. The molecule has 0 heterocycles. The third-order valence-corrected chi connectivity index (χ3v) is 6.69. The number of carbonyl (C=O) groups excluding carboxylic acids is 2. The molecule has 1 aliphatic carbocycles. The van der Waals surface area contributed by atoms with Crippen LogP contribution in [0.25, 0.3) is 11.1 Å². The minimum atomic E-state index is -1.03. The number of amides is 2. The number of carboxylic acid groups (broad SMARTS) is 1. The lowest BCUT2D eigenvalue weighted by atomic mass is 9.84. The zero-order valence-electron chi connectivity index (χ0n) is 21.0. The van der Waals surface area contributed by atoms with E-state index in [0.717, 1.165) is 0 Å². The van der Waals surface area contributed by atoms with Crippen molar-refractivity contribution in [2.24, 2.45) is 11.3 Å². The van der Waals surface area contributed by atoms with Crippen LogP contribution >= 0.6 is 0 Å². The minimum Gasteiger partial charge on any atom is -0.480 e. The van der Waals surface area contributed by atoms with Crippen LogP contribution in [0.2, 0.25) is 0 Å². The van der Waals surface area contributed by atoms with E-state index in [-0.39, 0.29) is 36.2 Å². The molecule has 3 N–H and O–H groups in total. The summed E-state index contributed by atoms with van der Waals surface area (Å²) >= 11 is 0. The molecule has 0 aliphatic heterocycles. The highest BCUT2D eigenvalue weighted by atomic mass is 16.5. The molecule has 2 aromatic carbocycles. The maximum Gasteiger partial charge on any atom is 0.407 e. The summed E-state index contributed by atoms with van der Waals surface area (Å²) in [4.78, 5) is 35.9. The topological polar surface area (TPSA) is 105 Å². The van der Waals surface area contributed by atoms with Gasteiger partial charge in [-0.3, -0.25) is 4.79 Å². The molecule has 1 aliphatic rings. The van der Waals surface area contributed by atoms with Crippen molar-refractivity contribution < 1.29 is 24.2 Å². The van der Waals surface area contributed by atoms with Crippen LogP contribution in [0.15, 0.2) is 48.5 Å². The van der Waals surface area contributed by atoms with Gasteiger partial charge >= 0.3 is 12.1 Å². The Morgan fingerprint density at radius 3 is 2.09 bits per heavy atom. The second-order valence-corrected chi connectivity index (χ2v) is 10.3. The normalized spacial score (nSPS) is 13.6. The SMILES string of the molecule is CC(C)[C@H](NC(=O)CCC(C)(C)CCNC(=O)OCC1c2ccccc2-c2ccccc21)C(=O)O. The van der Waals surface area contributed by atoms with Gasteiger partial charge in [-0.25, -0.2) is 9.59 Å². The molecule has 0 spiro atoms. The molecule has 188 valence electrons. The van der Waals surface area contributed by atoms with E-state index in [2.05, 4.69) is 34.9 Å². The third-order valence-electron chi connectivity index (χ3n) is 6.69. The van der Waals surface area contributed by atoms with Crippen molar-refractivity contribution in [2.75, 3.05) is 13.2 Å². The van der Waals surface area contributed by atoms with Crippen molar-refractivity contribution in [1.82, 2.24) is 10.6 Å². The first kappa shape index (κ1) is 26.3. The summed E-state index contributed by atoms with van der Waals surface area (Å²) in [5, 5.41) is 14.6. The van der Waals surface area contributed by atoms with E-state index in [1.165, 1.54) is 22.3 Å². The quantitative estimate of drug-likeness (QED) is 0.422. The number of carboxylic acids is 1. The van der Waals surface area contributed by atoms with Crippen LogP contribution in [0.1, 0.15) is 64.0 Å². The van der Waals surface area contributed by atoms with Crippen LogP contribution in [0.5, 0.6) is 0 Å². The second-order valence-electron chi connectivity index (χ2n) is 10.3. The number of nitrogens with one attached hydrogen (secondary N) is 2. The van der Waals surface area contributed by atoms with Crippen molar-refractivity contribution >= 4 is 18.0 Å². The summed E-state index contributed by atoms with van der Waals surface area (Å²) in [5.74, 6) is -1.47. The number of fused-ring (bicyclic) bond motifs is 3. The lowest BCUT2D eigenvalue weighted by molar-refractivity contribution is -0.143. The van der Waals surface area contributed by atoms with Crippen molar-refractivity contribution in [3.8, 4) is 11.1 Å². The third kappa shape index (κ3) is 6.84. The molecule has 1 atom stereocenters. The number of hydrogen-bond donors (Lipinski definition) is 3. The fourth-order valence-electron chi connectivity index (χ4n) is 4.49. The van der Waals surface area contributed by atoms with Gasteiger partial charge in [0.15, 0.2) is 0 Å². The lowest BCUT2D eigenvalue weighted by Gasteiger charge is -2.25. The summed E-state index contributed by atoms with van der Waals surface area (Å²) in [6.45, 7) is 8.27. The molecule has 2 amide bonds. The van der Waals surface area contributed by atoms with Crippen LogP contribution in [-0.4, -0.2) is 42.3 Å². The Labute approximate surface area is 207 Å². The van der Waals surface area contributed by atoms with Crippen molar-refractivity contribution in [3.63, 3.8) is 0 Å². The van der Waals surface area contributed by atoms with E-state index in [1.54, 1.807) is 13.8 Å². The predicted octanol–water partition coefficient (Wildman–Crippen LogP) is 4.95. The van der Waals surface area contributed by atoms with Gasteiger partial charge in [0.1, 0.15) is 12.6 Å². The Bertz CT molecular complexity index is 1020. The van der Waals surface area contributed by atoms with Crippen LogP contribution in [0.3, 0.4) is 0 Å². The molecule has 0 fully saturated rings. The number of rotatable bonds is 11. The maximum absolute atomic E-state index is 12.4. The van der Waals surface area contributed by atoms with Gasteiger partial charge in [0, 0.05) is 18.9 Å².